The summed E-state index contributed by atoms with van der Waals surface area (Å²) in [5.41, 5.74) is 3.21. The monoisotopic (exact) mass is 470 g/mol. The number of hydrogen-bond acceptors (Lipinski definition) is 5. The van der Waals surface area contributed by atoms with Crippen molar-refractivity contribution in [1.29, 1.82) is 0 Å². The lowest BCUT2D eigenvalue weighted by Gasteiger charge is -2.36. The molecule has 0 bridgehead atoms. The number of hydrogen-bond donors (Lipinski definition) is 1. The molecule has 0 saturated carbocycles. The molecule has 0 unspecified atom stereocenters. The highest BCUT2D eigenvalue weighted by atomic mass is 35.5. The average molecular weight is 471 g/mol. The van der Waals surface area contributed by atoms with Crippen LogP contribution >= 0.6 is 11.6 Å². The van der Waals surface area contributed by atoms with Gasteiger partial charge in [0.25, 0.3) is 0 Å². The number of nitrogens with one attached hydrogen (secondary N) is 1. The van der Waals surface area contributed by atoms with Crippen LogP contribution in [0, 0.1) is 6.92 Å². The van der Waals surface area contributed by atoms with Crippen LogP contribution in [0.15, 0.2) is 42.5 Å². The molecule has 1 saturated heterocycles. The number of fused-ring (bicyclic) bond motifs is 1. The Morgan fingerprint density at radius 3 is 2.61 bits per heavy atom. The lowest BCUT2D eigenvalue weighted by atomic mass is 10.1. The molecule has 2 aliphatic rings. The number of ether oxygens (including phenoxy) is 1. The highest BCUT2D eigenvalue weighted by molar-refractivity contribution is 6.30. The van der Waals surface area contributed by atoms with E-state index < -0.39 is 0 Å². The third-order valence-electron chi connectivity index (χ3n) is 6.23. The van der Waals surface area contributed by atoms with Crippen molar-refractivity contribution in [3.05, 3.63) is 53.1 Å². The van der Waals surface area contributed by atoms with Gasteiger partial charge in [0, 0.05) is 62.8 Å². The fourth-order valence-electron chi connectivity index (χ4n) is 4.36. The van der Waals surface area contributed by atoms with Crippen molar-refractivity contribution < 1.29 is 14.3 Å². The van der Waals surface area contributed by atoms with Crippen molar-refractivity contribution in [2.75, 3.05) is 62.2 Å². The van der Waals surface area contributed by atoms with Crippen LogP contribution in [0.5, 0.6) is 5.75 Å². The number of rotatable bonds is 7. The number of carbonyl (C=O) groups excluding carboxylic acids is 2. The summed E-state index contributed by atoms with van der Waals surface area (Å²) in [6.45, 7) is 8.23. The normalized spacial score (nSPS) is 16.2. The molecule has 1 N–H and O–H groups in total. The van der Waals surface area contributed by atoms with E-state index in [1.807, 2.05) is 36.4 Å². The number of carbonyl (C=O) groups is 2. The maximum absolute atomic E-state index is 12.6. The smallest absolute Gasteiger partial charge is 0.227 e. The van der Waals surface area contributed by atoms with Crippen LogP contribution in [0.2, 0.25) is 5.02 Å². The van der Waals surface area contributed by atoms with E-state index in [0.717, 1.165) is 43.4 Å². The maximum Gasteiger partial charge on any atom is 0.227 e. The largest absolute Gasteiger partial charge is 0.490 e. The van der Waals surface area contributed by atoms with Gasteiger partial charge in [-0.25, -0.2) is 0 Å². The summed E-state index contributed by atoms with van der Waals surface area (Å²) in [5, 5.41) is 3.72. The molecule has 2 amide bonds. The molecule has 8 heteroatoms. The topological polar surface area (TPSA) is 65.1 Å². The summed E-state index contributed by atoms with van der Waals surface area (Å²) in [6.07, 6.45) is 0.387. The van der Waals surface area contributed by atoms with Gasteiger partial charge in [-0.15, -0.1) is 0 Å². The Morgan fingerprint density at radius 2 is 1.79 bits per heavy atom. The number of benzene rings is 2. The number of piperazine rings is 1. The Bertz CT molecular complexity index is 991. The molecular weight excluding hydrogens is 440 g/mol. The minimum atomic E-state index is -0.0851. The molecule has 7 nitrogen and oxygen atoms in total. The Labute approximate surface area is 200 Å². The van der Waals surface area contributed by atoms with Gasteiger partial charge < -0.3 is 19.9 Å². The van der Waals surface area contributed by atoms with Crippen molar-refractivity contribution >= 4 is 34.8 Å². The summed E-state index contributed by atoms with van der Waals surface area (Å²) < 4.78 is 5.60. The number of halogens is 1. The molecule has 0 aromatic heterocycles. The van der Waals surface area contributed by atoms with Gasteiger partial charge in [0.05, 0.1) is 12.2 Å². The maximum atomic E-state index is 12.6. The highest BCUT2D eigenvalue weighted by Crippen LogP contribution is 2.31. The fourth-order valence-corrected chi connectivity index (χ4v) is 4.53. The molecule has 0 atom stereocenters. The van der Waals surface area contributed by atoms with Gasteiger partial charge in [-0.1, -0.05) is 29.8 Å². The molecule has 1 fully saturated rings. The van der Waals surface area contributed by atoms with E-state index in [2.05, 4.69) is 28.1 Å². The number of para-hydroxylation sites is 2. The first kappa shape index (κ1) is 23.4. The molecule has 0 radical (unpaired) electrons. The Kier molecular flexibility index (Phi) is 7.73. The van der Waals surface area contributed by atoms with Crippen LogP contribution in [0.3, 0.4) is 0 Å². The molecule has 176 valence electrons. The summed E-state index contributed by atoms with van der Waals surface area (Å²) in [4.78, 5) is 31.4. The minimum Gasteiger partial charge on any atom is -0.490 e. The summed E-state index contributed by atoms with van der Waals surface area (Å²) >= 11 is 6.17. The van der Waals surface area contributed by atoms with E-state index in [1.165, 1.54) is 11.3 Å². The summed E-state index contributed by atoms with van der Waals surface area (Å²) in [5.74, 6) is 0.582. The van der Waals surface area contributed by atoms with Crippen molar-refractivity contribution in [3.8, 4) is 5.75 Å². The van der Waals surface area contributed by atoms with E-state index in [1.54, 1.807) is 4.90 Å². The summed E-state index contributed by atoms with van der Waals surface area (Å²) in [6, 6.07) is 13.5. The van der Waals surface area contributed by atoms with Gasteiger partial charge in [0.1, 0.15) is 12.4 Å². The van der Waals surface area contributed by atoms with Gasteiger partial charge in [-0.3, -0.25) is 14.5 Å². The quantitative estimate of drug-likeness (QED) is 0.673. The van der Waals surface area contributed by atoms with Crippen LogP contribution < -0.4 is 19.9 Å². The molecule has 2 aromatic carbocycles. The van der Waals surface area contributed by atoms with E-state index >= 15 is 0 Å². The van der Waals surface area contributed by atoms with Gasteiger partial charge in [-0.05, 0) is 36.8 Å². The average Bonchev–Trinajstić information content (AvgIpc) is 2.84. The van der Waals surface area contributed by atoms with Crippen LogP contribution in [0.1, 0.15) is 18.4 Å². The molecule has 2 heterocycles. The first-order chi connectivity index (χ1) is 16.0. The van der Waals surface area contributed by atoms with Crippen LogP contribution in [-0.4, -0.2) is 69.1 Å². The van der Waals surface area contributed by atoms with E-state index in [-0.39, 0.29) is 24.7 Å². The lowest BCUT2D eigenvalue weighted by Crippen LogP contribution is -2.48. The van der Waals surface area contributed by atoms with Gasteiger partial charge in [-0.2, -0.15) is 0 Å². The van der Waals surface area contributed by atoms with Gasteiger partial charge in [0.15, 0.2) is 0 Å². The highest BCUT2D eigenvalue weighted by Gasteiger charge is 2.23. The second-order valence-corrected chi connectivity index (χ2v) is 8.91. The van der Waals surface area contributed by atoms with E-state index in [4.69, 9.17) is 16.3 Å². The Hall–Kier alpha value is -2.77. The Balaban J connectivity index is 1.15. The second kappa shape index (κ2) is 10.9. The molecule has 4 rings (SSSR count). The predicted octanol–water partition coefficient (Wildman–Crippen LogP) is 3.09. The van der Waals surface area contributed by atoms with Crippen LogP contribution in [0.25, 0.3) is 0 Å². The van der Waals surface area contributed by atoms with E-state index in [9.17, 15) is 9.59 Å². The molecular formula is C25H31ClN4O3. The number of anilines is 2. The fraction of sp³-hybridized carbons (Fsp3) is 0.440. The number of nitrogens with zero attached hydrogens (tertiary/aromatic N) is 3. The van der Waals surface area contributed by atoms with Crippen molar-refractivity contribution in [2.24, 2.45) is 0 Å². The number of amides is 2. The molecule has 2 aliphatic heterocycles. The molecule has 33 heavy (non-hydrogen) atoms. The zero-order chi connectivity index (χ0) is 23.2. The Morgan fingerprint density at radius 1 is 1.00 bits per heavy atom. The first-order valence-corrected chi connectivity index (χ1v) is 11.9. The minimum absolute atomic E-state index is 0.0478. The van der Waals surface area contributed by atoms with Crippen molar-refractivity contribution in [3.63, 3.8) is 0 Å². The van der Waals surface area contributed by atoms with Crippen LogP contribution in [-0.2, 0) is 9.59 Å². The number of aryl methyl sites for hydroxylation is 1. The molecule has 0 aliphatic carbocycles. The van der Waals surface area contributed by atoms with E-state index in [0.29, 0.717) is 25.4 Å². The molecule has 0 spiro atoms. The lowest BCUT2D eigenvalue weighted by molar-refractivity contribution is -0.125. The predicted molar refractivity (Wildman–Crippen MR) is 131 cm³/mol. The first-order valence-electron chi connectivity index (χ1n) is 11.5. The summed E-state index contributed by atoms with van der Waals surface area (Å²) in [7, 11) is 0. The zero-order valence-electron chi connectivity index (χ0n) is 19.1. The van der Waals surface area contributed by atoms with Crippen molar-refractivity contribution in [2.45, 2.75) is 19.8 Å². The van der Waals surface area contributed by atoms with Gasteiger partial charge in [0.2, 0.25) is 11.8 Å². The SMILES string of the molecule is Cc1ccc(Cl)cc1N1CCN(CCNC(=O)CCC(=O)N2CCOc3ccccc32)CC1. The third-order valence-corrected chi connectivity index (χ3v) is 6.46. The molecule has 2 aromatic rings. The zero-order valence-corrected chi connectivity index (χ0v) is 19.8. The second-order valence-electron chi connectivity index (χ2n) is 8.47. The van der Waals surface area contributed by atoms with Crippen LogP contribution in [0.4, 0.5) is 11.4 Å². The standard InChI is InChI=1S/C25H31ClN4O3/c1-19-6-7-20(26)18-22(19)29-14-12-28(13-15-29)11-10-27-24(31)8-9-25(32)30-16-17-33-23-5-3-2-4-21(23)30/h2-7,18H,8-17H2,1H3,(H,27,31). The van der Waals surface area contributed by atoms with Crippen molar-refractivity contribution in [1.82, 2.24) is 10.2 Å². The van der Waals surface area contributed by atoms with Gasteiger partial charge >= 0.3 is 0 Å². The third kappa shape index (κ3) is 5.97.